The molecule has 1 radical (unpaired) electrons. The predicted molar refractivity (Wildman–Crippen MR) is 64.1 cm³/mol. The summed E-state index contributed by atoms with van der Waals surface area (Å²) >= 11 is -1.07. The molecule has 0 spiro atoms. The topological polar surface area (TPSA) is 32.3 Å². The highest BCUT2D eigenvalue weighted by molar-refractivity contribution is 7.90. The normalized spacial score (nSPS) is 12.1. The summed E-state index contributed by atoms with van der Waals surface area (Å²) in [4.78, 5) is 0.659. The Hall–Kier alpha value is -1.45. The molecule has 0 aliphatic heterocycles. The van der Waals surface area contributed by atoms with Crippen molar-refractivity contribution in [2.75, 3.05) is 6.26 Å². The Morgan fingerprint density at radius 2 is 1.88 bits per heavy atom. The van der Waals surface area contributed by atoms with Gasteiger partial charge in [-0.25, -0.2) is 0 Å². The second-order valence-electron chi connectivity index (χ2n) is 3.23. The van der Waals surface area contributed by atoms with Gasteiger partial charge in [-0.15, -0.1) is 0 Å². The molecule has 3 heteroatoms. The molecule has 0 saturated carbocycles. The van der Waals surface area contributed by atoms with Gasteiger partial charge in [-0.1, -0.05) is 30.3 Å². The number of hydrogen-bond acceptors (Lipinski definition) is 2. The average Bonchev–Trinajstić information content (AvgIpc) is 2.31. The summed E-state index contributed by atoms with van der Waals surface area (Å²) in [5, 5.41) is 0. The van der Waals surface area contributed by atoms with Gasteiger partial charge in [-0.05, 0) is 29.4 Å². The Bertz CT molecular complexity index is 454. The van der Waals surface area contributed by atoms with Gasteiger partial charge in [-0.3, -0.25) is 0 Å². The lowest BCUT2D eigenvalue weighted by atomic mass is 10.3. The molecule has 81 valence electrons. The average molecular weight is 231 g/mol. The van der Waals surface area contributed by atoms with Crippen molar-refractivity contribution in [3.05, 3.63) is 54.6 Å². The number of hydrogen-bond donors (Lipinski definition) is 0. The molecule has 0 saturated heterocycles. The van der Waals surface area contributed by atoms with Gasteiger partial charge in [0.15, 0.2) is 10.6 Å². The number of para-hydroxylation sites is 2. The van der Waals surface area contributed by atoms with E-state index in [9.17, 15) is 4.55 Å². The van der Waals surface area contributed by atoms with Crippen LogP contribution < -0.4 is 4.74 Å². The smallest absolute Gasteiger partial charge is 0.195 e. The zero-order valence-electron chi connectivity index (χ0n) is 8.84. The van der Waals surface area contributed by atoms with Crippen LogP contribution in [0.5, 0.6) is 11.5 Å². The highest BCUT2D eigenvalue weighted by Crippen LogP contribution is 2.27. The Kier molecular flexibility index (Phi) is 3.49. The zero-order valence-corrected chi connectivity index (χ0v) is 9.66. The van der Waals surface area contributed by atoms with E-state index >= 15 is 0 Å². The van der Waals surface area contributed by atoms with Gasteiger partial charge < -0.3 is 9.29 Å². The Morgan fingerprint density at radius 1 is 1.12 bits per heavy atom. The molecule has 0 fully saturated rings. The molecule has 1 atom stereocenters. The summed E-state index contributed by atoms with van der Waals surface area (Å²) in [5.41, 5.74) is 0. The lowest BCUT2D eigenvalue weighted by Gasteiger charge is -2.10. The van der Waals surface area contributed by atoms with Crippen LogP contribution in [0.3, 0.4) is 0 Å². The molecule has 2 aromatic carbocycles. The first kappa shape index (κ1) is 11.0. The van der Waals surface area contributed by atoms with Gasteiger partial charge in [0, 0.05) is 6.07 Å². The summed E-state index contributed by atoms with van der Waals surface area (Å²) in [6.07, 6.45) is 1.63. The fourth-order valence-corrected chi connectivity index (χ4v) is 1.95. The van der Waals surface area contributed by atoms with E-state index in [1.54, 1.807) is 24.5 Å². The molecule has 0 aliphatic rings. The van der Waals surface area contributed by atoms with Crippen LogP contribution in [-0.4, -0.2) is 10.8 Å². The first-order valence-electron chi connectivity index (χ1n) is 4.84. The zero-order chi connectivity index (χ0) is 11.4. The van der Waals surface area contributed by atoms with Crippen LogP contribution in [0.25, 0.3) is 0 Å². The van der Waals surface area contributed by atoms with Gasteiger partial charge in [0.05, 0.1) is 0 Å². The van der Waals surface area contributed by atoms with Gasteiger partial charge in [0.25, 0.3) is 0 Å². The van der Waals surface area contributed by atoms with Gasteiger partial charge >= 0.3 is 0 Å². The largest absolute Gasteiger partial charge is 0.612 e. The maximum atomic E-state index is 11.5. The molecule has 2 aromatic rings. The van der Waals surface area contributed by atoms with Crippen LogP contribution in [0.1, 0.15) is 0 Å². The Morgan fingerprint density at radius 3 is 2.56 bits per heavy atom. The van der Waals surface area contributed by atoms with Crippen molar-refractivity contribution in [1.82, 2.24) is 0 Å². The van der Waals surface area contributed by atoms with E-state index in [4.69, 9.17) is 4.74 Å². The van der Waals surface area contributed by atoms with Crippen LogP contribution in [0.15, 0.2) is 53.4 Å². The Balaban J connectivity index is 2.28. The maximum absolute atomic E-state index is 11.5. The Labute approximate surface area is 98.1 Å². The third-order valence-corrected chi connectivity index (χ3v) is 3.00. The first-order valence-corrected chi connectivity index (χ1v) is 6.40. The molecular formula is C13H11O2S. The van der Waals surface area contributed by atoms with Gasteiger partial charge in [0.1, 0.15) is 12.0 Å². The van der Waals surface area contributed by atoms with Crippen molar-refractivity contribution in [2.45, 2.75) is 4.90 Å². The molecule has 2 rings (SSSR count). The second-order valence-corrected chi connectivity index (χ2v) is 4.58. The minimum absolute atomic E-state index is 0.523. The van der Waals surface area contributed by atoms with E-state index in [1.165, 1.54) is 0 Å². The van der Waals surface area contributed by atoms with Crippen molar-refractivity contribution in [2.24, 2.45) is 0 Å². The summed E-state index contributed by atoms with van der Waals surface area (Å²) in [5.74, 6) is 1.24. The van der Waals surface area contributed by atoms with E-state index in [0.717, 1.165) is 5.75 Å². The molecule has 0 heterocycles. The predicted octanol–water partition coefficient (Wildman–Crippen LogP) is 3.02. The molecule has 2 nitrogen and oxygen atoms in total. The lowest BCUT2D eigenvalue weighted by molar-refractivity contribution is 0.466. The fourth-order valence-electron chi connectivity index (χ4n) is 1.32. The lowest BCUT2D eigenvalue weighted by Crippen LogP contribution is -2.00. The van der Waals surface area contributed by atoms with Crippen molar-refractivity contribution in [3.8, 4) is 11.5 Å². The van der Waals surface area contributed by atoms with E-state index in [1.807, 2.05) is 30.3 Å². The summed E-state index contributed by atoms with van der Waals surface area (Å²) in [7, 11) is 0. The fraction of sp³-hybridized carbons (Fsp3) is 0.0769. The van der Waals surface area contributed by atoms with Crippen LogP contribution in [0.2, 0.25) is 0 Å². The van der Waals surface area contributed by atoms with Crippen molar-refractivity contribution >= 4 is 11.2 Å². The van der Waals surface area contributed by atoms with Crippen LogP contribution in [-0.2, 0) is 11.2 Å². The third-order valence-electron chi connectivity index (χ3n) is 2.05. The monoisotopic (exact) mass is 231 g/mol. The van der Waals surface area contributed by atoms with Crippen LogP contribution >= 0.6 is 0 Å². The SMILES string of the molecule is C[S+]([O-])c1ccc[c]c1Oc1ccccc1. The van der Waals surface area contributed by atoms with Crippen molar-refractivity contribution in [1.29, 1.82) is 0 Å². The summed E-state index contributed by atoms with van der Waals surface area (Å²) < 4.78 is 17.1. The summed E-state index contributed by atoms with van der Waals surface area (Å²) in [6.45, 7) is 0. The molecular weight excluding hydrogens is 220 g/mol. The number of ether oxygens (including phenoxy) is 1. The van der Waals surface area contributed by atoms with Gasteiger partial charge in [0.2, 0.25) is 0 Å². The van der Waals surface area contributed by atoms with E-state index in [0.29, 0.717) is 10.6 Å². The van der Waals surface area contributed by atoms with Crippen molar-refractivity contribution in [3.63, 3.8) is 0 Å². The molecule has 0 bridgehead atoms. The standard InChI is InChI=1S/C13H11O2S/c1-16(14)13-10-6-5-9-12(13)15-11-7-3-2-4-8-11/h2-8,10H,1H3. The highest BCUT2D eigenvalue weighted by Gasteiger charge is 2.12. The minimum Gasteiger partial charge on any atom is -0.612 e. The molecule has 0 aromatic heterocycles. The number of benzene rings is 2. The minimum atomic E-state index is -1.07. The van der Waals surface area contributed by atoms with Crippen molar-refractivity contribution < 1.29 is 9.29 Å². The molecule has 1 unspecified atom stereocenters. The third kappa shape index (κ3) is 2.56. The van der Waals surface area contributed by atoms with E-state index < -0.39 is 11.2 Å². The molecule has 0 N–H and O–H groups in total. The molecule has 16 heavy (non-hydrogen) atoms. The van der Waals surface area contributed by atoms with E-state index in [2.05, 4.69) is 6.07 Å². The second kappa shape index (κ2) is 5.05. The van der Waals surface area contributed by atoms with Gasteiger partial charge in [-0.2, -0.15) is 0 Å². The number of rotatable bonds is 3. The first-order chi connectivity index (χ1) is 7.77. The quantitative estimate of drug-likeness (QED) is 0.760. The highest BCUT2D eigenvalue weighted by atomic mass is 32.2. The molecule has 0 aliphatic carbocycles. The van der Waals surface area contributed by atoms with Crippen LogP contribution in [0.4, 0.5) is 0 Å². The van der Waals surface area contributed by atoms with Crippen LogP contribution in [0, 0.1) is 6.07 Å². The maximum Gasteiger partial charge on any atom is 0.195 e. The van der Waals surface area contributed by atoms with E-state index in [-0.39, 0.29) is 0 Å². The summed E-state index contributed by atoms with van der Waals surface area (Å²) in [6, 6.07) is 17.7. The molecule has 0 amide bonds.